The summed E-state index contributed by atoms with van der Waals surface area (Å²) >= 11 is 0. The first kappa shape index (κ1) is 28.6. The van der Waals surface area contributed by atoms with Crippen LogP contribution in [0, 0.1) is 5.92 Å². The Hall–Kier alpha value is -3.53. The second kappa shape index (κ2) is 12.4. The van der Waals surface area contributed by atoms with Gasteiger partial charge in [0.15, 0.2) is 0 Å². The summed E-state index contributed by atoms with van der Waals surface area (Å²) in [6, 6.07) is 4.23. The minimum Gasteiger partial charge on any atom is -0.488 e. The largest absolute Gasteiger partial charge is 0.488 e. The molecule has 6 rings (SSSR count). The number of carbonyl (C=O) groups excluding carboxylic acids is 1. The Bertz CT molecular complexity index is 1360. The van der Waals surface area contributed by atoms with Crippen molar-refractivity contribution in [3.63, 3.8) is 0 Å². The van der Waals surface area contributed by atoms with E-state index < -0.39 is 5.60 Å². The third-order valence-electron chi connectivity index (χ3n) is 8.50. The molecule has 42 heavy (non-hydrogen) atoms. The van der Waals surface area contributed by atoms with Crippen LogP contribution in [-0.4, -0.2) is 82.0 Å². The van der Waals surface area contributed by atoms with E-state index in [1.54, 1.807) is 17.3 Å². The van der Waals surface area contributed by atoms with E-state index in [9.17, 15) is 4.79 Å². The summed E-state index contributed by atoms with van der Waals surface area (Å²) in [5.74, 6) is 2.51. The average Bonchev–Trinajstić information content (AvgIpc) is 3.49. The van der Waals surface area contributed by atoms with Crippen molar-refractivity contribution in [2.24, 2.45) is 5.92 Å². The smallest absolute Gasteiger partial charge is 0.410 e. The highest BCUT2D eigenvalue weighted by atomic mass is 16.6. The molecule has 1 aliphatic carbocycles. The van der Waals surface area contributed by atoms with Crippen LogP contribution in [0.2, 0.25) is 0 Å². The number of hydrogen-bond acceptors (Lipinski definition) is 9. The van der Waals surface area contributed by atoms with Gasteiger partial charge in [-0.25, -0.2) is 19.7 Å². The fourth-order valence-corrected chi connectivity index (χ4v) is 6.22. The molecule has 1 aromatic carbocycles. The molecular formula is C32H42N6O4. The van der Waals surface area contributed by atoms with E-state index in [1.165, 1.54) is 0 Å². The van der Waals surface area contributed by atoms with Crippen molar-refractivity contribution < 1.29 is 19.0 Å². The van der Waals surface area contributed by atoms with E-state index in [2.05, 4.69) is 27.0 Å². The highest BCUT2D eigenvalue weighted by Gasteiger charge is 2.31. The van der Waals surface area contributed by atoms with E-state index in [-0.39, 0.29) is 18.1 Å². The second-order valence-corrected chi connectivity index (χ2v) is 12.8. The van der Waals surface area contributed by atoms with Crippen LogP contribution in [0.1, 0.15) is 70.2 Å². The number of rotatable bonds is 6. The fourth-order valence-electron chi connectivity index (χ4n) is 6.22. The normalized spacial score (nSPS) is 23.3. The number of fused-ring (bicyclic) bond motifs is 1. The van der Waals surface area contributed by atoms with Gasteiger partial charge in [-0.3, -0.25) is 4.98 Å². The Morgan fingerprint density at radius 1 is 0.952 bits per heavy atom. The zero-order valence-electron chi connectivity index (χ0n) is 25.0. The number of carbonyl (C=O) groups is 1. The van der Waals surface area contributed by atoms with Crippen LogP contribution in [0.3, 0.4) is 0 Å². The van der Waals surface area contributed by atoms with Gasteiger partial charge in [0, 0.05) is 75.1 Å². The number of hydrogen-bond donors (Lipinski definition) is 0. The summed E-state index contributed by atoms with van der Waals surface area (Å²) in [5, 5.41) is 0. The van der Waals surface area contributed by atoms with Gasteiger partial charge in [-0.2, -0.15) is 0 Å². The fraction of sp³-hybridized carbons (Fsp3) is 0.594. The van der Waals surface area contributed by atoms with Gasteiger partial charge < -0.3 is 24.0 Å². The second-order valence-electron chi connectivity index (χ2n) is 12.8. The number of morpholine rings is 1. The summed E-state index contributed by atoms with van der Waals surface area (Å²) in [4.78, 5) is 35.1. The number of ether oxygens (including phenoxy) is 3. The third-order valence-corrected chi connectivity index (χ3v) is 8.50. The Balaban J connectivity index is 1.02. The van der Waals surface area contributed by atoms with E-state index in [0.29, 0.717) is 19.0 Å². The van der Waals surface area contributed by atoms with Crippen LogP contribution < -0.4 is 9.64 Å². The molecule has 1 atom stereocenters. The zero-order chi connectivity index (χ0) is 29.1. The molecule has 3 aromatic rings. The van der Waals surface area contributed by atoms with Gasteiger partial charge in [-0.1, -0.05) is 0 Å². The first-order valence-corrected chi connectivity index (χ1v) is 15.3. The predicted octanol–water partition coefficient (Wildman–Crippen LogP) is 5.16. The molecule has 0 bridgehead atoms. The van der Waals surface area contributed by atoms with Gasteiger partial charge in [0.2, 0.25) is 0 Å². The van der Waals surface area contributed by atoms with Gasteiger partial charge in [-0.05, 0) is 70.4 Å². The number of aromatic nitrogens is 4. The van der Waals surface area contributed by atoms with Crippen molar-refractivity contribution in [1.82, 2.24) is 24.8 Å². The van der Waals surface area contributed by atoms with Crippen molar-refractivity contribution in [1.29, 1.82) is 0 Å². The SMILES string of the molecule is CC(C)(C)OC(=O)N1CCC(c2cnc(CC3CCC(Oc4cc(N5CCOCC5)cc5nccnc45)CC3)nc2)C1. The summed E-state index contributed by atoms with van der Waals surface area (Å²) < 4.78 is 17.7. The minimum atomic E-state index is -0.484. The summed E-state index contributed by atoms with van der Waals surface area (Å²) in [5.41, 5.74) is 3.41. The van der Waals surface area contributed by atoms with Crippen molar-refractivity contribution in [3.05, 3.63) is 48.3 Å². The lowest BCUT2D eigenvalue weighted by atomic mass is 9.85. The van der Waals surface area contributed by atoms with Crippen LogP contribution in [-0.2, 0) is 15.9 Å². The summed E-state index contributed by atoms with van der Waals surface area (Å²) in [7, 11) is 0. The molecule has 10 heteroatoms. The highest BCUT2D eigenvalue weighted by molar-refractivity contribution is 5.85. The lowest BCUT2D eigenvalue weighted by Crippen LogP contribution is -2.36. The predicted molar refractivity (Wildman–Crippen MR) is 160 cm³/mol. The van der Waals surface area contributed by atoms with Gasteiger partial charge in [-0.15, -0.1) is 0 Å². The molecule has 4 heterocycles. The average molecular weight is 575 g/mol. The van der Waals surface area contributed by atoms with E-state index in [1.807, 2.05) is 33.2 Å². The Morgan fingerprint density at radius 3 is 2.43 bits per heavy atom. The maximum Gasteiger partial charge on any atom is 0.410 e. The molecule has 2 aromatic heterocycles. The maximum absolute atomic E-state index is 12.4. The van der Waals surface area contributed by atoms with Crippen LogP contribution in [0.4, 0.5) is 10.5 Å². The molecule has 2 saturated heterocycles. The molecule has 1 unspecified atom stereocenters. The van der Waals surface area contributed by atoms with Crippen LogP contribution in [0.25, 0.3) is 11.0 Å². The molecule has 3 fully saturated rings. The minimum absolute atomic E-state index is 0.157. The Morgan fingerprint density at radius 2 is 1.69 bits per heavy atom. The first-order chi connectivity index (χ1) is 20.3. The zero-order valence-corrected chi connectivity index (χ0v) is 25.0. The van der Waals surface area contributed by atoms with Gasteiger partial charge in [0.1, 0.15) is 22.7 Å². The van der Waals surface area contributed by atoms with Gasteiger partial charge >= 0.3 is 6.09 Å². The van der Waals surface area contributed by atoms with E-state index in [4.69, 9.17) is 24.2 Å². The lowest BCUT2D eigenvalue weighted by molar-refractivity contribution is 0.0292. The molecule has 1 saturated carbocycles. The van der Waals surface area contributed by atoms with Crippen molar-refractivity contribution in [2.75, 3.05) is 44.3 Å². The van der Waals surface area contributed by atoms with Gasteiger partial charge in [0.05, 0.1) is 24.8 Å². The molecular weight excluding hydrogens is 532 g/mol. The molecule has 224 valence electrons. The molecule has 2 aliphatic heterocycles. The van der Waals surface area contributed by atoms with E-state index in [0.717, 1.165) is 98.7 Å². The number of amides is 1. The standard InChI is InChI=1S/C32H42N6O4/c1-32(2,3)42-31(39)38-11-8-23(21-38)24-19-35-29(36-20-24)16-22-4-6-26(7-5-22)41-28-18-25(37-12-14-40-15-13-37)17-27-30(28)34-10-9-33-27/h9-10,17-20,22-23,26H,4-8,11-16,21H2,1-3H3. The molecule has 10 nitrogen and oxygen atoms in total. The number of benzene rings is 1. The molecule has 0 radical (unpaired) electrons. The lowest BCUT2D eigenvalue weighted by Gasteiger charge is -2.31. The monoisotopic (exact) mass is 574 g/mol. The third kappa shape index (κ3) is 6.91. The first-order valence-electron chi connectivity index (χ1n) is 15.3. The number of anilines is 1. The van der Waals surface area contributed by atoms with Crippen LogP contribution in [0.5, 0.6) is 5.75 Å². The summed E-state index contributed by atoms with van der Waals surface area (Å²) in [6.45, 7) is 10.2. The highest BCUT2D eigenvalue weighted by Crippen LogP contribution is 2.35. The molecule has 0 spiro atoms. The Labute approximate surface area is 247 Å². The van der Waals surface area contributed by atoms with E-state index >= 15 is 0 Å². The van der Waals surface area contributed by atoms with Crippen LogP contribution >= 0.6 is 0 Å². The summed E-state index contributed by atoms with van der Waals surface area (Å²) in [6.07, 6.45) is 13.2. The molecule has 1 amide bonds. The van der Waals surface area contributed by atoms with Crippen molar-refractivity contribution >= 4 is 22.8 Å². The van der Waals surface area contributed by atoms with Gasteiger partial charge in [0.25, 0.3) is 0 Å². The van der Waals surface area contributed by atoms with Crippen LogP contribution in [0.15, 0.2) is 36.9 Å². The quantitative estimate of drug-likeness (QED) is 0.395. The maximum atomic E-state index is 12.4. The molecule has 3 aliphatic rings. The number of likely N-dealkylation sites (tertiary alicyclic amines) is 1. The Kier molecular flexibility index (Phi) is 8.42. The topological polar surface area (TPSA) is 103 Å². The molecule has 0 N–H and O–H groups in total. The van der Waals surface area contributed by atoms with Crippen molar-refractivity contribution in [3.8, 4) is 5.75 Å². The van der Waals surface area contributed by atoms with Crippen molar-refractivity contribution in [2.45, 2.75) is 76.9 Å². The number of nitrogens with zero attached hydrogens (tertiary/aromatic N) is 6.